The maximum atomic E-state index is 13.3. The zero-order chi connectivity index (χ0) is 22.3. The van der Waals surface area contributed by atoms with Crippen molar-refractivity contribution in [1.29, 1.82) is 0 Å². The summed E-state index contributed by atoms with van der Waals surface area (Å²) in [7, 11) is 0. The van der Waals surface area contributed by atoms with Crippen LogP contribution in [0.1, 0.15) is 30.4 Å². The van der Waals surface area contributed by atoms with Crippen LogP contribution in [0.4, 0.5) is 5.69 Å². The second kappa shape index (κ2) is 8.80. The van der Waals surface area contributed by atoms with Crippen LogP contribution >= 0.6 is 11.8 Å². The quantitative estimate of drug-likeness (QED) is 0.549. The highest BCUT2D eigenvalue weighted by molar-refractivity contribution is 8.15. The Balaban J connectivity index is 1.48. The van der Waals surface area contributed by atoms with E-state index in [-0.39, 0.29) is 29.4 Å². The molecule has 168 valence electrons. The maximum Gasteiger partial charge on any atom is 0.227 e. The fourth-order valence-electron chi connectivity index (χ4n) is 4.88. The van der Waals surface area contributed by atoms with Gasteiger partial charge in [-0.05, 0) is 56.4 Å². The molecule has 4 rings (SSSR count). The molecule has 9 heteroatoms. The zero-order valence-electron chi connectivity index (χ0n) is 17.8. The van der Waals surface area contributed by atoms with Gasteiger partial charge in [-0.3, -0.25) is 14.6 Å². The van der Waals surface area contributed by atoms with E-state index in [0.717, 1.165) is 16.8 Å². The molecule has 0 spiro atoms. The van der Waals surface area contributed by atoms with Gasteiger partial charge < -0.3 is 26.2 Å². The largest absolute Gasteiger partial charge is 0.390 e. The molecule has 5 unspecified atom stereocenters. The van der Waals surface area contributed by atoms with Crippen LogP contribution in [0.3, 0.4) is 0 Å². The molecule has 1 saturated carbocycles. The standard InChI is InChI=1S/C22H30N4O4S/c1-11-7-12(2)9-14(8-11)24-22-25-17-18(28)16(27)10-15(19(17)31-22)21(30)26-5-3-13(4-6-26)20(23)29/h7-9,13,15-19,27-28H,3-6,10H2,1-2H3,(H2,23,29)(H,24,25). The molecule has 2 aliphatic heterocycles. The summed E-state index contributed by atoms with van der Waals surface area (Å²) in [5.41, 5.74) is 8.58. The van der Waals surface area contributed by atoms with Gasteiger partial charge in [-0.1, -0.05) is 17.8 Å². The first-order chi connectivity index (χ1) is 14.7. The van der Waals surface area contributed by atoms with Gasteiger partial charge in [0, 0.05) is 29.9 Å². The predicted octanol–water partition coefficient (Wildman–Crippen LogP) is 1.02. The van der Waals surface area contributed by atoms with E-state index < -0.39 is 24.2 Å². The van der Waals surface area contributed by atoms with Gasteiger partial charge in [-0.25, -0.2) is 0 Å². The molecule has 0 aromatic heterocycles. The molecule has 0 radical (unpaired) electrons. The Morgan fingerprint density at radius 1 is 1.16 bits per heavy atom. The predicted molar refractivity (Wildman–Crippen MR) is 121 cm³/mol. The lowest BCUT2D eigenvalue weighted by Crippen LogP contribution is -2.55. The van der Waals surface area contributed by atoms with Crippen LogP contribution in [-0.2, 0) is 9.59 Å². The molecule has 2 amide bonds. The number of hydrogen-bond donors (Lipinski definition) is 4. The number of carbonyl (C=O) groups excluding carboxylic acids is 2. The van der Waals surface area contributed by atoms with Crippen molar-refractivity contribution < 1.29 is 19.8 Å². The number of amides is 2. The number of likely N-dealkylation sites (tertiary alicyclic amines) is 1. The van der Waals surface area contributed by atoms with E-state index in [2.05, 4.69) is 16.4 Å². The van der Waals surface area contributed by atoms with E-state index in [9.17, 15) is 19.8 Å². The number of benzene rings is 1. The summed E-state index contributed by atoms with van der Waals surface area (Å²) < 4.78 is 0. The summed E-state index contributed by atoms with van der Waals surface area (Å²) in [4.78, 5) is 31.1. The van der Waals surface area contributed by atoms with E-state index in [1.54, 1.807) is 4.90 Å². The number of hydrogen-bond acceptors (Lipinski definition) is 7. The third-order valence-electron chi connectivity index (χ3n) is 6.49. The minimum absolute atomic E-state index is 0.0424. The second-order valence-electron chi connectivity index (χ2n) is 8.91. The van der Waals surface area contributed by atoms with Gasteiger partial charge in [0.15, 0.2) is 5.17 Å². The molecule has 8 nitrogen and oxygen atoms in total. The Morgan fingerprint density at radius 3 is 2.42 bits per heavy atom. The van der Waals surface area contributed by atoms with Gasteiger partial charge in [0.1, 0.15) is 6.10 Å². The number of carbonyl (C=O) groups is 2. The smallest absolute Gasteiger partial charge is 0.227 e. The average molecular weight is 447 g/mol. The monoisotopic (exact) mass is 446 g/mol. The molecule has 2 heterocycles. The molecular formula is C22H30N4O4S. The minimum Gasteiger partial charge on any atom is -0.390 e. The molecule has 5 N–H and O–H groups in total. The highest BCUT2D eigenvalue weighted by Gasteiger charge is 2.51. The Bertz CT molecular complexity index is 879. The normalized spacial score (nSPS) is 31.2. The summed E-state index contributed by atoms with van der Waals surface area (Å²) in [6.07, 6.45) is -0.660. The average Bonchev–Trinajstić information content (AvgIpc) is 3.13. The number of anilines is 1. The summed E-state index contributed by atoms with van der Waals surface area (Å²) in [6.45, 7) is 5.02. The Kier molecular flexibility index (Phi) is 6.27. The van der Waals surface area contributed by atoms with Crippen LogP contribution < -0.4 is 11.1 Å². The Labute approximate surface area is 186 Å². The molecule has 1 aliphatic carbocycles. The number of aliphatic hydroxyl groups excluding tert-OH is 2. The molecule has 0 bridgehead atoms. The lowest BCUT2D eigenvalue weighted by Gasteiger charge is -2.40. The number of aliphatic imine (C=N–C) groups is 1. The molecule has 3 aliphatic rings. The van der Waals surface area contributed by atoms with E-state index in [4.69, 9.17) is 5.73 Å². The van der Waals surface area contributed by atoms with Gasteiger partial charge >= 0.3 is 0 Å². The maximum absolute atomic E-state index is 13.3. The topological polar surface area (TPSA) is 128 Å². The summed E-state index contributed by atoms with van der Waals surface area (Å²) in [5, 5.41) is 24.7. The number of thioether (sulfide) groups is 1. The molecule has 1 aromatic rings. The van der Waals surface area contributed by atoms with Gasteiger partial charge in [0.05, 0.1) is 18.1 Å². The van der Waals surface area contributed by atoms with Crippen LogP contribution in [0.15, 0.2) is 23.2 Å². The van der Waals surface area contributed by atoms with Crippen molar-refractivity contribution in [1.82, 2.24) is 4.90 Å². The third-order valence-corrected chi connectivity index (χ3v) is 7.80. The number of piperidine rings is 1. The highest BCUT2D eigenvalue weighted by Crippen LogP contribution is 2.42. The van der Waals surface area contributed by atoms with Gasteiger partial charge in [-0.2, -0.15) is 0 Å². The zero-order valence-corrected chi connectivity index (χ0v) is 18.6. The molecule has 2 fully saturated rings. The van der Waals surface area contributed by atoms with E-state index in [1.165, 1.54) is 11.8 Å². The number of nitrogens with zero attached hydrogens (tertiary/aromatic N) is 2. The van der Waals surface area contributed by atoms with Crippen molar-refractivity contribution >= 4 is 34.4 Å². The lowest BCUT2D eigenvalue weighted by molar-refractivity contribution is -0.142. The Morgan fingerprint density at radius 2 is 1.81 bits per heavy atom. The van der Waals surface area contributed by atoms with Crippen molar-refractivity contribution in [2.45, 2.75) is 56.6 Å². The van der Waals surface area contributed by atoms with Gasteiger partial charge in [-0.15, -0.1) is 0 Å². The van der Waals surface area contributed by atoms with Crippen LogP contribution in [0.5, 0.6) is 0 Å². The molecule has 5 atom stereocenters. The number of nitrogens with two attached hydrogens (primary N) is 1. The number of nitrogens with one attached hydrogen (secondary N) is 1. The van der Waals surface area contributed by atoms with Crippen molar-refractivity contribution in [3.63, 3.8) is 0 Å². The highest BCUT2D eigenvalue weighted by atomic mass is 32.2. The van der Waals surface area contributed by atoms with Crippen molar-refractivity contribution in [2.24, 2.45) is 22.6 Å². The number of rotatable bonds is 3. The van der Waals surface area contributed by atoms with Crippen LogP contribution in [0.2, 0.25) is 0 Å². The van der Waals surface area contributed by atoms with Crippen LogP contribution in [0.25, 0.3) is 0 Å². The van der Waals surface area contributed by atoms with Gasteiger partial charge in [0.25, 0.3) is 0 Å². The Hall–Kier alpha value is -2.10. The molecular weight excluding hydrogens is 416 g/mol. The van der Waals surface area contributed by atoms with Crippen LogP contribution in [-0.4, -0.2) is 68.7 Å². The molecule has 1 aromatic carbocycles. The first kappa shape index (κ1) is 22.1. The second-order valence-corrected chi connectivity index (χ2v) is 10.1. The lowest BCUT2D eigenvalue weighted by atomic mass is 9.80. The SMILES string of the molecule is Cc1cc(C)cc(NC2=NC3C(O)C(O)CC(C(=O)N4CCC(C(N)=O)CC4)C3S2)c1. The number of fused-ring (bicyclic) bond motifs is 1. The number of primary amides is 1. The fourth-order valence-corrected chi connectivity index (χ4v) is 6.25. The molecule has 1 saturated heterocycles. The van der Waals surface area contributed by atoms with Crippen molar-refractivity contribution in [2.75, 3.05) is 18.4 Å². The van der Waals surface area contributed by atoms with Crippen molar-refractivity contribution in [3.05, 3.63) is 29.3 Å². The van der Waals surface area contributed by atoms with E-state index in [1.807, 2.05) is 26.0 Å². The minimum atomic E-state index is -0.999. The fraction of sp³-hybridized carbons (Fsp3) is 0.591. The third kappa shape index (κ3) is 4.58. The summed E-state index contributed by atoms with van der Waals surface area (Å²) >= 11 is 1.46. The van der Waals surface area contributed by atoms with Crippen molar-refractivity contribution in [3.8, 4) is 0 Å². The number of aryl methyl sites for hydroxylation is 2. The molecule has 31 heavy (non-hydrogen) atoms. The van der Waals surface area contributed by atoms with Gasteiger partial charge in [0.2, 0.25) is 11.8 Å². The first-order valence-electron chi connectivity index (χ1n) is 10.8. The summed E-state index contributed by atoms with van der Waals surface area (Å²) in [6, 6.07) is 5.59. The first-order valence-corrected chi connectivity index (χ1v) is 11.6. The van der Waals surface area contributed by atoms with Crippen LogP contribution in [0, 0.1) is 25.7 Å². The van der Waals surface area contributed by atoms with E-state index in [0.29, 0.717) is 31.1 Å². The van der Waals surface area contributed by atoms with E-state index >= 15 is 0 Å². The number of aliphatic hydroxyl groups is 2. The number of amidine groups is 1. The summed E-state index contributed by atoms with van der Waals surface area (Å²) in [5.74, 6) is -0.987.